The standard InChI is InChI=1S/C9H8N4O/c10-8-1-2-11-9(3-8)13-5-7(6-14)4-12-13/h1-6H,(H2,10,11). The van der Waals surface area contributed by atoms with Crippen molar-refractivity contribution in [2.24, 2.45) is 0 Å². The van der Waals surface area contributed by atoms with Crippen molar-refractivity contribution >= 4 is 12.0 Å². The molecule has 2 N–H and O–H groups in total. The molecule has 14 heavy (non-hydrogen) atoms. The van der Waals surface area contributed by atoms with Crippen LogP contribution in [0, 0.1) is 0 Å². The number of carbonyl (C=O) groups excluding carboxylic acids is 1. The Balaban J connectivity index is 2.43. The molecule has 0 aliphatic heterocycles. The molecule has 0 aromatic carbocycles. The summed E-state index contributed by atoms with van der Waals surface area (Å²) in [6.45, 7) is 0. The molecule has 70 valence electrons. The molecule has 0 bridgehead atoms. The largest absolute Gasteiger partial charge is 0.399 e. The van der Waals surface area contributed by atoms with Crippen LogP contribution in [0.4, 0.5) is 5.69 Å². The van der Waals surface area contributed by atoms with Gasteiger partial charge in [-0.05, 0) is 6.07 Å². The molecule has 2 rings (SSSR count). The van der Waals surface area contributed by atoms with Gasteiger partial charge < -0.3 is 5.73 Å². The molecule has 0 atom stereocenters. The maximum Gasteiger partial charge on any atom is 0.155 e. The summed E-state index contributed by atoms with van der Waals surface area (Å²) in [4.78, 5) is 14.5. The Morgan fingerprint density at radius 3 is 3.00 bits per heavy atom. The van der Waals surface area contributed by atoms with Crippen LogP contribution in [0.1, 0.15) is 10.4 Å². The number of hydrogen-bond acceptors (Lipinski definition) is 4. The number of rotatable bonds is 2. The average molecular weight is 188 g/mol. The van der Waals surface area contributed by atoms with Crippen LogP contribution in [-0.4, -0.2) is 21.1 Å². The zero-order chi connectivity index (χ0) is 9.97. The van der Waals surface area contributed by atoms with E-state index in [0.29, 0.717) is 17.1 Å². The predicted molar refractivity (Wildman–Crippen MR) is 51.2 cm³/mol. The zero-order valence-electron chi connectivity index (χ0n) is 7.29. The summed E-state index contributed by atoms with van der Waals surface area (Å²) in [6.07, 6.45) is 5.38. The van der Waals surface area contributed by atoms with Gasteiger partial charge in [-0.25, -0.2) is 9.67 Å². The number of nitrogens with two attached hydrogens (primary N) is 1. The van der Waals surface area contributed by atoms with E-state index in [1.54, 1.807) is 24.5 Å². The molecular formula is C9H8N4O. The fraction of sp³-hybridized carbons (Fsp3) is 0. The van der Waals surface area contributed by atoms with Crippen molar-refractivity contribution in [2.75, 3.05) is 5.73 Å². The first-order valence-electron chi connectivity index (χ1n) is 4.01. The molecule has 0 fully saturated rings. The molecule has 2 heterocycles. The van der Waals surface area contributed by atoms with E-state index in [9.17, 15) is 4.79 Å². The summed E-state index contributed by atoms with van der Waals surface area (Å²) in [7, 11) is 0. The number of aromatic nitrogens is 3. The van der Waals surface area contributed by atoms with Crippen molar-refractivity contribution in [1.29, 1.82) is 0 Å². The van der Waals surface area contributed by atoms with Gasteiger partial charge in [-0.15, -0.1) is 0 Å². The molecule has 5 heteroatoms. The molecule has 0 aliphatic rings. The van der Waals surface area contributed by atoms with Gasteiger partial charge in [-0.2, -0.15) is 5.10 Å². The van der Waals surface area contributed by atoms with Gasteiger partial charge in [0.1, 0.15) is 0 Å². The summed E-state index contributed by atoms with van der Waals surface area (Å²) in [5.74, 6) is 0.595. The number of hydrogen-bond donors (Lipinski definition) is 1. The lowest BCUT2D eigenvalue weighted by molar-refractivity contribution is 0.112. The van der Waals surface area contributed by atoms with Crippen LogP contribution >= 0.6 is 0 Å². The third kappa shape index (κ3) is 1.47. The normalized spacial score (nSPS) is 10.0. The fourth-order valence-corrected chi connectivity index (χ4v) is 1.08. The minimum absolute atomic E-state index is 0.509. The van der Waals surface area contributed by atoms with Crippen molar-refractivity contribution in [1.82, 2.24) is 14.8 Å². The second-order valence-electron chi connectivity index (χ2n) is 2.78. The number of pyridine rings is 1. The van der Waals surface area contributed by atoms with E-state index in [0.717, 1.165) is 6.29 Å². The summed E-state index contributed by atoms with van der Waals surface area (Å²) in [5.41, 5.74) is 6.70. The molecule has 5 nitrogen and oxygen atoms in total. The highest BCUT2D eigenvalue weighted by molar-refractivity contribution is 5.73. The monoisotopic (exact) mass is 188 g/mol. The van der Waals surface area contributed by atoms with Gasteiger partial charge in [0.2, 0.25) is 0 Å². The maximum atomic E-state index is 10.4. The van der Waals surface area contributed by atoms with Gasteiger partial charge in [0.05, 0.1) is 11.8 Å². The lowest BCUT2D eigenvalue weighted by Crippen LogP contribution is -1.98. The van der Waals surface area contributed by atoms with Crippen LogP contribution in [0.3, 0.4) is 0 Å². The SMILES string of the molecule is Nc1ccnc(-n2cc(C=O)cn2)c1. The Kier molecular flexibility index (Phi) is 1.98. The van der Waals surface area contributed by atoms with Gasteiger partial charge in [0.15, 0.2) is 12.1 Å². The molecule has 2 aromatic heterocycles. The number of nitrogen functional groups attached to an aromatic ring is 1. The number of carbonyl (C=O) groups is 1. The first-order chi connectivity index (χ1) is 6.79. The second kappa shape index (κ2) is 3.29. The van der Waals surface area contributed by atoms with E-state index in [2.05, 4.69) is 10.1 Å². The molecule has 0 radical (unpaired) electrons. The first-order valence-corrected chi connectivity index (χ1v) is 4.01. The smallest absolute Gasteiger partial charge is 0.155 e. The highest BCUT2D eigenvalue weighted by atomic mass is 16.1. The summed E-state index contributed by atoms with van der Waals surface area (Å²) in [5, 5.41) is 3.97. The molecule has 0 amide bonds. The topological polar surface area (TPSA) is 73.8 Å². The quantitative estimate of drug-likeness (QED) is 0.702. The first kappa shape index (κ1) is 8.43. The average Bonchev–Trinajstić information content (AvgIpc) is 2.66. The Hall–Kier alpha value is -2.17. The summed E-state index contributed by atoms with van der Waals surface area (Å²) >= 11 is 0. The predicted octanol–water partition coefficient (Wildman–Crippen LogP) is 0.662. The minimum atomic E-state index is 0.509. The minimum Gasteiger partial charge on any atom is -0.399 e. The van der Waals surface area contributed by atoms with Crippen LogP contribution in [-0.2, 0) is 0 Å². The third-order valence-electron chi connectivity index (χ3n) is 1.74. The molecule has 0 unspecified atom stereocenters. The summed E-state index contributed by atoms with van der Waals surface area (Å²) in [6, 6.07) is 3.37. The van der Waals surface area contributed by atoms with Gasteiger partial charge in [-0.3, -0.25) is 4.79 Å². The van der Waals surface area contributed by atoms with Gasteiger partial charge in [-0.1, -0.05) is 0 Å². The molecule has 0 saturated heterocycles. The fourth-order valence-electron chi connectivity index (χ4n) is 1.08. The second-order valence-corrected chi connectivity index (χ2v) is 2.78. The van der Waals surface area contributed by atoms with E-state index in [1.807, 2.05) is 0 Å². The van der Waals surface area contributed by atoms with E-state index in [4.69, 9.17) is 5.73 Å². The highest BCUT2D eigenvalue weighted by Crippen LogP contribution is 2.07. The molecule has 0 spiro atoms. The lowest BCUT2D eigenvalue weighted by atomic mass is 10.4. The van der Waals surface area contributed by atoms with Crippen LogP contribution < -0.4 is 5.73 Å². The van der Waals surface area contributed by atoms with Crippen LogP contribution in [0.5, 0.6) is 0 Å². The van der Waals surface area contributed by atoms with Crippen molar-refractivity contribution in [3.8, 4) is 5.82 Å². The number of aldehydes is 1. The molecule has 2 aromatic rings. The number of nitrogens with zero attached hydrogens (tertiary/aromatic N) is 3. The van der Waals surface area contributed by atoms with E-state index >= 15 is 0 Å². The van der Waals surface area contributed by atoms with Gasteiger partial charge in [0.25, 0.3) is 0 Å². The Labute approximate surface area is 80.2 Å². The number of anilines is 1. The summed E-state index contributed by atoms with van der Waals surface area (Å²) < 4.78 is 1.50. The molecule has 0 saturated carbocycles. The Bertz CT molecular complexity index is 463. The Morgan fingerprint density at radius 1 is 1.50 bits per heavy atom. The van der Waals surface area contributed by atoms with Crippen LogP contribution in [0.2, 0.25) is 0 Å². The van der Waals surface area contributed by atoms with Crippen molar-refractivity contribution in [2.45, 2.75) is 0 Å². The van der Waals surface area contributed by atoms with Gasteiger partial charge >= 0.3 is 0 Å². The van der Waals surface area contributed by atoms with E-state index < -0.39 is 0 Å². The zero-order valence-corrected chi connectivity index (χ0v) is 7.29. The van der Waals surface area contributed by atoms with Crippen molar-refractivity contribution in [3.63, 3.8) is 0 Å². The van der Waals surface area contributed by atoms with Crippen molar-refractivity contribution in [3.05, 3.63) is 36.3 Å². The van der Waals surface area contributed by atoms with E-state index in [1.165, 1.54) is 10.9 Å². The lowest BCUT2D eigenvalue weighted by Gasteiger charge is -1.99. The van der Waals surface area contributed by atoms with Gasteiger partial charge in [0, 0.05) is 24.1 Å². The van der Waals surface area contributed by atoms with Crippen molar-refractivity contribution < 1.29 is 4.79 Å². The molecule has 0 aliphatic carbocycles. The highest BCUT2D eigenvalue weighted by Gasteiger charge is 2.00. The Morgan fingerprint density at radius 2 is 2.36 bits per heavy atom. The maximum absolute atomic E-state index is 10.4. The molecular weight excluding hydrogens is 180 g/mol. The van der Waals surface area contributed by atoms with Crippen LogP contribution in [0.15, 0.2) is 30.7 Å². The van der Waals surface area contributed by atoms with Crippen LogP contribution in [0.25, 0.3) is 5.82 Å². The van der Waals surface area contributed by atoms with E-state index in [-0.39, 0.29) is 0 Å². The third-order valence-corrected chi connectivity index (χ3v) is 1.74.